The van der Waals surface area contributed by atoms with Crippen molar-refractivity contribution in [3.63, 3.8) is 0 Å². The number of aromatic nitrogens is 4. The van der Waals surface area contributed by atoms with Crippen LogP contribution in [-0.4, -0.2) is 71.0 Å². The van der Waals surface area contributed by atoms with Crippen molar-refractivity contribution in [2.24, 2.45) is 8.80 Å². The number of carbonyl (C=O) groups is 2. The number of rotatable bonds is 12. The lowest BCUT2D eigenvalue weighted by Crippen LogP contribution is -2.45. The maximum atomic E-state index is 13.0. The van der Waals surface area contributed by atoms with E-state index in [9.17, 15) is 35.2 Å². The maximum absolute atomic E-state index is 13.0. The summed E-state index contributed by atoms with van der Waals surface area (Å²) in [7, 11) is -8.18. The van der Waals surface area contributed by atoms with Crippen LogP contribution in [0.2, 0.25) is 0 Å². The number of benzene rings is 2. The summed E-state index contributed by atoms with van der Waals surface area (Å²) < 4.78 is 94.9. The fourth-order valence-electron chi connectivity index (χ4n) is 5.05. The molecule has 4 aromatic heterocycles. The highest BCUT2D eigenvalue weighted by Crippen LogP contribution is 2.16. The number of sulfonamides is 2. The number of hydrazine groups is 2. The fourth-order valence-corrected chi connectivity index (χ4v) is 6.82. The maximum Gasteiger partial charge on any atom is 0.305 e. The first kappa shape index (κ1) is 47.4. The van der Waals surface area contributed by atoms with Crippen LogP contribution in [-0.2, 0) is 32.9 Å². The first-order valence-electron chi connectivity index (χ1n) is 18.9. The van der Waals surface area contributed by atoms with E-state index in [1.165, 1.54) is 38.5 Å². The van der Waals surface area contributed by atoms with Gasteiger partial charge in [0.05, 0.1) is 47.8 Å². The number of anilines is 2. The van der Waals surface area contributed by atoms with Crippen molar-refractivity contribution in [3.8, 4) is 0 Å². The molecule has 336 valence electrons. The van der Waals surface area contributed by atoms with Gasteiger partial charge in [-0.05, 0) is 75.2 Å². The molecule has 2 atom stereocenters. The average molecular weight is 921 g/mol. The smallest absolute Gasteiger partial charge is 0.305 e. The molecule has 0 spiro atoms. The second kappa shape index (κ2) is 22.0. The van der Waals surface area contributed by atoms with Crippen LogP contribution >= 0.6 is 0 Å². The van der Waals surface area contributed by atoms with Crippen molar-refractivity contribution in [1.29, 1.82) is 0 Å². The zero-order valence-electron chi connectivity index (χ0n) is 34.5. The van der Waals surface area contributed by atoms with E-state index in [4.69, 9.17) is 8.83 Å². The van der Waals surface area contributed by atoms with E-state index >= 15 is 0 Å². The van der Waals surface area contributed by atoms with Crippen LogP contribution in [0.5, 0.6) is 0 Å². The normalized spacial score (nSPS) is 12.8. The molecule has 24 heteroatoms. The Bertz CT molecular complexity index is 2590. The van der Waals surface area contributed by atoms with Gasteiger partial charge >= 0.3 is 11.8 Å². The van der Waals surface area contributed by atoms with Gasteiger partial charge in [0.1, 0.15) is 11.6 Å². The predicted octanol–water partition coefficient (Wildman–Crippen LogP) is 4.36. The molecule has 64 heavy (non-hydrogen) atoms. The molecule has 0 unspecified atom stereocenters. The van der Waals surface area contributed by atoms with E-state index in [1.807, 2.05) is 38.1 Å². The van der Waals surface area contributed by atoms with Gasteiger partial charge < -0.3 is 19.5 Å². The van der Waals surface area contributed by atoms with Gasteiger partial charge in [-0.2, -0.15) is 0 Å². The molecular formula is C40H42F2N12O8S2. The Morgan fingerprint density at radius 3 is 1.27 bits per heavy atom. The van der Waals surface area contributed by atoms with Gasteiger partial charge in [0.15, 0.2) is 23.2 Å². The van der Waals surface area contributed by atoms with E-state index < -0.39 is 54.0 Å². The highest BCUT2D eigenvalue weighted by molar-refractivity contribution is 7.91. The number of guanidine groups is 2. The topological polar surface area (TPSA) is 277 Å². The number of carbonyl (C=O) groups excluding carboxylic acids is 2. The van der Waals surface area contributed by atoms with Crippen LogP contribution in [0.15, 0.2) is 128 Å². The third kappa shape index (κ3) is 14.2. The van der Waals surface area contributed by atoms with Gasteiger partial charge in [-0.1, -0.05) is 36.4 Å². The minimum Gasteiger partial charge on any atom is -0.459 e. The molecule has 0 bridgehead atoms. The van der Waals surface area contributed by atoms with Crippen molar-refractivity contribution in [3.05, 3.63) is 156 Å². The Morgan fingerprint density at radius 1 is 0.578 bits per heavy atom. The van der Waals surface area contributed by atoms with Crippen LogP contribution in [0, 0.1) is 25.5 Å². The molecule has 0 aliphatic rings. The van der Waals surface area contributed by atoms with Crippen LogP contribution < -0.4 is 32.3 Å². The lowest BCUT2D eigenvalue weighted by Gasteiger charge is -2.15. The van der Waals surface area contributed by atoms with Crippen molar-refractivity contribution in [2.45, 2.75) is 51.0 Å². The van der Waals surface area contributed by atoms with E-state index in [2.05, 4.69) is 61.1 Å². The van der Waals surface area contributed by atoms with Gasteiger partial charge in [0, 0.05) is 24.2 Å². The van der Waals surface area contributed by atoms with E-state index in [0.29, 0.717) is 11.4 Å². The Hall–Kier alpha value is -7.60. The van der Waals surface area contributed by atoms with Gasteiger partial charge in [0.25, 0.3) is 20.0 Å². The average Bonchev–Trinajstić information content (AvgIpc) is 4.02. The van der Waals surface area contributed by atoms with Crippen molar-refractivity contribution >= 4 is 55.2 Å². The number of aryl methyl sites for hydroxylation is 2. The van der Waals surface area contributed by atoms with E-state index in [-0.39, 0.29) is 47.9 Å². The minimum absolute atomic E-state index is 0.0254. The lowest BCUT2D eigenvalue weighted by atomic mass is 10.2. The third-order valence-electron chi connectivity index (χ3n) is 8.62. The molecule has 0 radical (unpaired) electrons. The van der Waals surface area contributed by atoms with Gasteiger partial charge in [-0.15, -0.1) is 8.80 Å². The minimum atomic E-state index is -4.09. The SMILES string of the molecule is Cc1ccccc1NC(=NS(=O)(=O)[C@@H](C)Cc1ncc(F)cn1)NNC(=O)c1ccco1.Cc1ccccc1NC(=NS(=O)(=O)[C@H](C)Cc1ncc(F)cn1)NNC(=O)c1ccco1. The molecule has 0 saturated heterocycles. The Kier molecular flexibility index (Phi) is 16.3. The Balaban J connectivity index is 0.000000241. The summed E-state index contributed by atoms with van der Waals surface area (Å²) in [6.07, 6.45) is 6.34. The summed E-state index contributed by atoms with van der Waals surface area (Å²) in [4.78, 5) is 39.4. The number of amides is 2. The fraction of sp³-hybridized carbons (Fsp3) is 0.200. The summed E-state index contributed by atoms with van der Waals surface area (Å²) in [5, 5.41) is 3.68. The quantitative estimate of drug-likeness (QED) is 0.0565. The van der Waals surface area contributed by atoms with Crippen LogP contribution in [0.25, 0.3) is 0 Å². The summed E-state index contributed by atoms with van der Waals surface area (Å²) in [5.74, 6) is -2.59. The zero-order chi connectivity index (χ0) is 46.3. The molecule has 0 aliphatic carbocycles. The number of para-hydroxylation sites is 2. The zero-order valence-corrected chi connectivity index (χ0v) is 36.1. The second-order valence-electron chi connectivity index (χ2n) is 13.6. The number of hydrogen-bond donors (Lipinski definition) is 6. The van der Waals surface area contributed by atoms with Gasteiger partial charge in [-0.25, -0.2) is 45.6 Å². The molecule has 2 aromatic carbocycles. The molecule has 6 rings (SSSR count). The third-order valence-corrected chi connectivity index (χ3v) is 11.9. The standard InChI is InChI=1S/2C20H21FN6O4S/c2*1-13-6-3-4-7-16(13)24-20(26-25-19(28)17-8-5-9-31-17)27-32(29,30)14(2)10-18-22-11-15(21)12-23-18/h2*3-9,11-12,14H,10H2,1-2H3,(H,25,28)(H2,24,26,27)/t2*14-/m10/s1. The first-order valence-corrected chi connectivity index (χ1v) is 21.9. The molecule has 0 aliphatic heterocycles. The number of halogens is 2. The van der Waals surface area contributed by atoms with Crippen LogP contribution in [0.4, 0.5) is 20.2 Å². The summed E-state index contributed by atoms with van der Waals surface area (Å²) in [5.41, 5.74) is 12.4. The Morgan fingerprint density at radius 2 is 0.938 bits per heavy atom. The molecule has 2 amide bonds. The number of furan rings is 2. The highest BCUT2D eigenvalue weighted by atomic mass is 32.2. The van der Waals surface area contributed by atoms with Crippen LogP contribution in [0.1, 0.15) is 57.7 Å². The van der Waals surface area contributed by atoms with E-state index in [0.717, 1.165) is 35.9 Å². The van der Waals surface area contributed by atoms with Crippen molar-refractivity contribution in [2.75, 3.05) is 10.6 Å². The molecule has 4 heterocycles. The summed E-state index contributed by atoms with van der Waals surface area (Å²) in [6.45, 7) is 6.51. The lowest BCUT2D eigenvalue weighted by molar-refractivity contribution is 0.0909. The second-order valence-corrected chi connectivity index (χ2v) is 17.6. The number of hydrogen-bond acceptors (Lipinski definition) is 12. The number of nitrogens with one attached hydrogen (secondary N) is 6. The van der Waals surface area contributed by atoms with E-state index in [1.54, 1.807) is 36.4 Å². The largest absolute Gasteiger partial charge is 0.459 e. The molecule has 6 aromatic rings. The molecule has 6 N–H and O–H groups in total. The molecule has 20 nitrogen and oxygen atoms in total. The Labute approximate surface area is 366 Å². The highest BCUT2D eigenvalue weighted by Gasteiger charge is 2.25. The monoisotopic (exact) mass is 920 g/mol. The molecule has 0 saturated carbocycles. The molecular weight excluding hydrogens is 879 g/mol. The first-order chi connectivity index (χ1) is 30.5. The van der Waals surface area contributed by atoms with Gasteiger partial charge in [-0.3, -0.25) is 31.3 Å². The number of nitrogens with zero attached hydrogens (tertiary/aromatic N) is 6. The molecule has 0 fully saturated rings. The van der Waals surface area contributed by atoms with Crippen LogP contribution in [0.3, 0.4) is 0 Å². The van der Waals surface area contributed by atoms with Gasteiger partial charge in [0.2, 0.25) is 11.9 Å². The van der Waals surface area contributed by atoms with Crippen molar-refractivity contribution in [1.82, 2.24) is 41.6 Å². The predicted molar refractivity (Wildman–Crippen MR) is 231 cm³/mol. The summed E-state index contributed by atoms with van der Waals surface area (Å²) >= 11 is 0. The summed E-state index contributed by atoms with van der Waals surface area (Å²) in [6, 6.07) is 20.2. The van der Waals surface area contributed by atoms with Crippen molar-refractivity contribution < 1.29 is 44.0 Å².